The Morgan fingerprint density at radius 1 is 0.579 bits per heavy atom. The number of hydrogen-bond donors (Lipinski definition) is 1. The van der Waals surface area contributed by atoms with Crippen LogP contribution in [0.4, 0.5) is 0 Å². The maximum absolute atomic E-state index is 14.3. The van der Waals surface area contributed by atoms with Crippen molar-refractivity contribution in [2.75, 3.05) is 39.5 Å². The quantitative estimate of drug-likeness (QED) is 0.137. The predicted octanol–water partition coefficient (Wildman–Crippen LogP) is 8.67. The lowest BCUT2D eigenvalue weighted by Crippen LogP contribution is -2.38. The molecule has 1 N–H and O–H groups in total. The summed E-state index contributed by atoms with van der Waals surface area (Å²) in [6.45, 7) is 8.53. The lowest BCUT2D eigenvalue weighted by molar-refractivity contribution is 0.0322. The number of aromatic hydroxyl groups is 1. The first kappa shape index (κ1) is 48.6. The number of hydrogen-bond acceptors (Lipinski definition) is 12. The van der Waals surface area contributed by atoms with E-state index in [2.05, 4.69) is 25.1 Å². The van der Waals surface area contributed by atoms with Crippen molar-refractivity contribution < 1.29 is 31.4 Å². The van der Waals surface area contributed by atoms with Gasteiger partial charge in [0.2, 0.25) is 0 Å². The number of aryl methyl sites for hydroxylation is 6. The second-order valence-corrected chi connectivity index (χ2v) is 22.9. The Hall–Kier alpha value is -8.30. The van der Waals surface area contributed by atoms with Gasteiger partial charge in [-0.2, -0.15) is 10.2 Å². The number of ether oxygens (including phenoxy) is 2. The monoisotopic (exact) mass is 1060 g/mol. The van der Waals surface area contributed by atoms with Crippen molar-refractivity contribution in [3.05, 3.63) is 145 Å². The van der Waals surface area contributed by atoms with E-state index in [9.17, 15) is 21.9 Å². The van der Waals surface area contributed by atoms with E-state index in [-0.39, 0.29) is 15.5 Å². The molecule has 18 nitrogen and oxygen atoms in total. The molecular weight excluding hydrogens is 1000 g/mol. The molecule has 13 rings (SSSR count). The Labute approximate surface area is 437 Å². The zero-order chi connectivity index (χ0) is 52.8. The number of rotatable bonds is 10. The first-order valence-corrected chi connectivity index (χ1v) is 27.5. The minimum Gasteiger partial charge on any atom is -0.508 e. The number of phenolic OH excluding ortho intramolecular Hbond substituents is 1. The molecule has 386 valence electrons. The molecule has 1 aliphatic heterocycles. The highest BCUT2D eigenvalue weighted by Gasteiger charge is 2.30. The number of fused-ring (bicyclic) bond motifs is 8. The molecule has 0 aliphatic carbocycles. The van der Waals surface area contributed by atoms with Crippen LogP contribution in [-0.4, -0.2) is 113 Å². The third-order valence-electron chi connectivity index (χ3n) is 14.3. The van der Waals surface area contributed by atoms with Crippen molar-refractivity contribution in [1.29, 1.82) is 0 Å². The lowest BCUT2D eigenvalue weighted by Gasteiger charge is -2.26. The SMILES string of the molecule is Cc1ccc(S(=O)(=O)n2c(-c3cn(C)c4ccc(O)cc34)cc3c4c(cnc32)cnn4C)cc1.Cc1ccc(S(=O)(=O)n2c(-c3cn(C)c4ccc(OCCN5CCOCC5)cc34)cc3c4c(cnc32)cnn4C)cc1. The molecule has 20 heteroatoms. The van der Waals surface area contributed by atoms with Gasteiger partial charge in [0, 0.05) is 127 Å². The van der Waals surface area contributed by atoms with E-state index in [1.165, 1.54) is 7.94 Å². The van der Waals surface area contributed by atoms with Crippen molar-refractivity contribution in [2.24, 2.45) is 28.2 Å². The second kappa shape index (κ2) is 18.5. The molecule has 9 heterocycles. The molecule has 12 aromatic rings. The summed E-state index contributed by atoms with van der Waals surface area (Å²) in [5.74, 6) is 0.843. The topological polar surface area (TPSA) is 191 Å². The maximum Gasteiger partial charge on any atom is 0.269 e. The zero-order valence-electron chi connectivity index (χ0n) is 42.6. The van der Waals surface area contributed by atoms with Gasteiger partial charge in [0.1, 0.15) is 18.1 Å². The molecule has 0 bridgehead atoms. The normalized spacial score (nSPS) is 13.7. The Kier molecular flexibility index (Phi) is 11.8. The van der Waals surface area contributed by atoms with Crippen molar-refractivity contribution in [2.45, 2.75) is 23.6 Å². The van der Waals surface area contributed by atoms with Crippen LogP contribution in [-0.2, 0) is 53.0 Å². The Morgan fingerprint density at radius 3 is 1.55 bits per heavy atom. The van der Waals surface area contributed by atoms with Crippen molar-refractivity contribution in [3.8, 4) is 34.0 Å². The molecule has 8 aromatic heterocycles. The standard InChI is InChI=1S/C31H32N6O4S.C25H21N5O3S/c1-21-4-7-24(8-5-21)42(38,39)37-29(17-26-30-22(18-32-31(26)37)19-33-35(30)3)27-20-34(2)28-9-6-23(16-25(27)28)41-15-12-36-10-13-40-14-11-36;1-15-4-7-18(8-5-15)34(32,33)30-23(21-14-28(2)22-9-6-17(31)10-19(21)22)11-20-24-16(12-26-25(20)30)13-27-29(24)3/h4-9,16-20H,10-15H2,1-3H3;4-14,31H,1-3H3. The highest BCUT2D eigenvalue weighted by molar-refractivity contribution is 7.90. The number of phenols is 1. The van der Waals surface area contributed by atoms with Gasteiger partial charge in [-0.05, 0) is 86.6 Å². The number of pyridine rings is 2. The second-order valence-electron chi connectivity index (χ2n) is 19.3. The van der Waals surface area contributed by atoms with Crippen LogP contribution in [0, 0.1) is 13.8 Å². The Morgan fingerprint density at radius 2 is 1.05 bits per heavy atom. The van der Waals surface area contributed by atoms with Crippen LogP contribution in [0.15, 0.2) is 144 Å². The number of aromatic nitrogens is 10. The van der Waals surface area contributed by atoms with E-state index < -0.39 is 20.0 Å². The van der Waals surface area contributed by atoms with Crippen LogP contribution in [0.3, 0.4) is 0 Å². The summed E-state index contributed by atoms with van der Waals surface area (Å²) in [6, 6.07) is 28.5. The van der Waals surface area contributed by atoms with Crippen molar-refractivity contribution in [3.63, 3.8) is 0 Å². The minimum atomic E-state index is -4.01. The van der Waals surface area contributed by atoms with E-state index in [0.717, 1.165) is 98.9 Å². The van der Waals surface area contributed by atoms with E-state index in [0.29, 0.717) is 45.6 Å². The van der Waals surface area contributed by atoms with Crippen LogP contribution >= 0.6 is 0 Å². The highest BCUT2D eigenvalue weighted by atomic mass is 32.2. The van der Waals surface area contributed by atoms with Crippen molar-refractivity contribution >= 4 is 85.7 Å². The Balaban J connectivity index is 0.000000157. The number of nitrogens with zero attached hydrogens (tertiary/aromatic N) is 11. The van der Waals surface area contributed by atoms with Gasteiger partial charge >= 0.3 is 0 Å². The molecule has 4 aromatic carbocycles. The number of benzene rings is 4. The number of morpholine rings is 1. The highest BCUT2D eigenvalue weighted by Crippen LogP contribution is 2.41. The average Bonchev–Trinajstić information content (AvgIpc) is 4.40. The van der Waals surface area contributed by atoms with E-state index >= 15 is 0 Å². The lowest BCUT2D eigenvalue weighted by atomic mass is 10.1. The van der Waals surface area contributed by atoms with Crippen LogP contribution in [0.25, 0.3) is 88.2 Å². The van der Waals surface area contributed by atoms with Crippen LogP contribution in [0.5, 0.6) is 11.5 Å². The zero-order valence-corrected chi connectivity index (χ0v) is 44.2. The van der Waals surface area contributed by atoms with Gasteiger partial charge in [-0.25, -0.2) is 34.7 Å². The molecule has 76 heavy (non-hydrogen) atoms. The smallest absolute Gasteiger partial charge is 0.269 e. The summed E-state index contributed by atoms with van der Waals surface area (Å²) < 4.78 is 78.4. The molecule has 0 amide bonds. The van der Waals surface area contributed by atoms with Gasteiger partial charge in [-0.15, -0.1) is 0 Å². The predicted molar refractivity (Wildman–Crippen MR) is 294 cm³/mol. The van der Waals surface area contributed by atoms with Gasteiger partial charge in [0.25, 0.3) is 20.0 Å². The molecule has 0 saturated carbocycles. The molecule has 0 radical (unpaired) electrons. The first-order valence-electron chi connectivity index (χ1n) is 24.7. The van der Waals surface area contributed by atoms with Crippen LogP contribution < -0.4 is 4.74 Å². The molecule has 1 fully saturated rings. The van der Waals surface area contributed by atoms with E-state index in [4.69, 9.17) is 9.47 Å². The van der Waals surface area contributed by atoms with Gasteiger partial charge in [-0.1, -0.05) is 35.4 Å². The van der Waals surface area contributed by atoms with Gasteiger partial charge in [0.15, 0.2) is 11.3 Å². The third-order valence-corrected chi connectivity index (χ3v) is 17.8. The average molecular weight is 1060 g/mol. The fraction of sp³-hybridized carbons (Fsp3) is 0.214. The summed E-state index contributed by atoms with van der Waals surface area (Å²) in [7, 11) is -0.481. The molecule has 1 aliphatic rings. The fourth-order valence-corrected chi connectivity index (χ4v) is 13.4. The summed E-state index contributed by atoms with van der Waals surface area (Å²) in [5.41, 5.74) is 8.54. The molecule has 0 unspecified atom stereocenters. The summed E-state index contributed by atoms with van der Waals surface area (Å²) in [4.78, 5) is 11.9. The van der Waals surface area contributed by atoms with Crippen molar-refractivity contribution in [1.82, 2.24) is 51.5 Å². The minimum absolute atomic E-state index is 0.108. The molecule has 1 saturated heterocycles. The largest absolute Gasteiger partial charge is 0.508 e. The first-order chi connectivity index (χ1) is 36.6. The summed E-state index contributed by atoms with van der Waals surface area (Å²) >= 11 is 0. The van der Waals surface area contributed by atoms with E-state index in [1.54, 1.807) is 82.7 Å². The van der Waals surface area contributed by atoms with E-state index in [1.807, 2.05) is 112 Å². The van der Waals surface area contributed by atoms with Gasteiger partial charge in [0.05, 0.1) is 57.8 Å². The summed E-state index contributed by atoms with van der Waals surface area (Å²) in [5, 5.41) is 23.6. The van der Waals surface area contributed by atoms with Crippen LogP contribution in [0.1, 0.15) is 11.1 Å². The maximum atomic E-state index is 14.3. The fourth-order valence-electron chi connectivity index (χ4n) is 10.4. The van der Waals surface area contributed by atoms with Gasteiger partial charge < -0.3 is 23.7 Å². The van der Waals surface area contributed by atoms with Crippen LogP contribution in [0.2, 0.25) is 0 Å². The molecular formula is C56H53N11O7S2. The molecule has 0 atom stereocenters. The summed E-state index contributed by atoms with van der Waals surface area (Å²) in [6.07, 6.45) is 10.6. The molecule has 0 spiro atoms. The third kappa shape index (κ3) is 8.15. The van der Waals surface area contributed by atoms with Gasteiger partial charge in [-0.3, -0.25) is 14.3 Å². The Bertz CT molecular complexity index is 4480.